The maximum Gasteiger partial charge on any atom is 0.249 e. The Morgan fingerprint density at radius 3 is 2.89 bits per heavy atom. The summed E-state index contributed by atoms with van der Waals surface area (Å²) >= 11 is 0. The lowest BCUT2D eigenvalue weighted by molar-refractivity contribution is -0.158. The quantitative estimate of drug-likeness (QED) is 0.879. The van der Waals surface area contributed by atoms with Crippen LogP contribution in [0.2, 0.25) is 0 Å². The molecule has 27 heavy (non-hydrogen) atoms. The van der Waals surface area contributed by atoms with Gasteiger partial charge in [0, 0.05) is 36.7 Å². The molecule has 5 heteroatoms. The molecule has 4 rings (SSSR count). The molecule has 5 nitrogen and oxygen atoms in total. The highest BCUT2D eigenvalue weighted by Crippen LogP contribution is 2.28. The molecule has 1 aromatic carbocycles. The molecule has 1 aromatic heterocycles. The average molecular weight is 370 g/mol. The summed E-state index contributed by atoms with van der Waals surface area (Å²) in [7, 11) is 0. The van der Waals surface area contributed by atoms with Crippen molar-refractivity contribution in [1.29, 1.82) is 0 Å². The largest absolute Gasteiger partial charge is 0.366 e. The van der Waals surface area contributed by atoms with E-state index in [0.717, 1.165) is 43.9 Å². The molecular weight excluding hydrogens is 338 g/mol. The smallest absolute Gasteiger partial charge is 0.249 e. The van der Waals surface area contributed by atoms with Crippen LogP contribution in [0.3, 0.4) is 0 Å². The number of aromatic nitrogens is 1. The number of amides is 1. The Balaban J connectivity index is 1.49. The first kappa shape index (κ1) is 18.5. The van der Waals surface area contributed by atoms with Crippen LogP contribution in [0.25, 0.3) is 10.9 Å². The number of likely N-dealkylation sites (tertiary alicyclic amines) is 1. The summed E-state index contributed by atoms with van der Waals surface area (Å²) in [6, 6.07) is 8.49. The topological polar surface area (TPSA) is 48.6 Å². The van der Waals surface area contributed by atoms with E-state index in [0.29, 0.717) is 6.54 Å². The summed E-state index contributed by atoms with van der Waals surface area (Å²) < 4.78 is 5.96. The first-order valence-electron chi connectivity index (χ1n) is 10.3. The number of morpholine rings is 1. The van der Waals surface area contributed by atoms with Crippen molar-refractivity contribution in [1.82, 2.24) is 14.8 Å². The van der Waals surface area contributed by atoms with Crippen LogP contribution in [0.5, 0.6) is 0 Å². The van der Waals surface area contributed by atoms with Crippen LogP contribution in [0.4, 0.5) is 0 Å². The molecule has 2 fully saturated rings. The average Bonchev–Trinajstić information content (AvgIpc) is 2.95. The molecule has 1 amide bonds. The highest BCUT2D eigenvalue weighted by atomic mass is 16.5. The maximum atomic E-state index is 12.7. The Hall–Kier alpha value is -1.85. The van der Waals surface area contributed by atoms with Crippen molar-refractivity contribution in [2.45, 2.75) is 51.8 Å². The van der Waals surface area contributed by atoms with Gasteiger partial charge in [-0.1, -0.05) is 32.0 Å². The molecule has 0 aliphatic carbocycles. The van der Waals surface area contributed by atoms with E-state index in [1.807, 2.05) is 12.3 Å². The van der Waals surface area contributed by atoms with E-state index in [-0.39, 0.29) is 24.7 Å². The second-order valence-electron chi connectivity index (χ2n) is 8.40. The lowest BCUT2D eigenvalue weighted by Gasteiger charge is -2.40. The molecule has 2 saturated heterocycles. The first-order valence-corrected chi connectivity index (χ1v) is 10.3. The van der Waals surface area contributed by atoms with Gasteiger partial charge in [-0.05, 0) is 43.4 Å². The maximum absolute atomic E-state index is 12.7. The van der Waals surface area contributed by atoms with Gasteiger partial charge in [0.2, 0.25) is 5.91 Å². The minimum atomic E-state index is 0.122. The van der Waals surface area contributed by atoms with Crippen LogP contribution in [-0.4, -0.2) is 59.1 Å². The number of rotatable bonds is 5. The van der Waals surface area contributed by atoms with Gasteiger partial charge in [0.05, 0.1) is 12.1 Å². The summed E-state index contributed by atoms with van der Waals surface area (Å²) in [5.74, 6) is 0.851. The number of fused-ring (bicyclic) bond motifs is 2. The molecular formula is C22H31N3O2. The van der Waals surface area contributed by atoms with Gasteiger partial charge in [-0.3, -0.25) is 4.79 Å². The first-order chi connectivity index (χ1) is 13.1. The molecule has 1 N–H and O–H groups in total. The third-order valence-corrected chi connectivity index (χ3v) is 6.08. The van der Waals surface area contributed by atoms with Crippen molar-refractivity contribution in [3.8, 4) is 0 Å². The zero-order chi connectivity index (χ0) is 18.8. The second kappa shape index (κ2) is 8.03. The van der Waals surface area contributed by atoms with Crippen LogP contribution in [0.15, 0.2) is 30.5 Å². The second-order valence-corrected chi connectivity index (χ2v) is 8.40. The van der Waals surface area contributed by atoms with E-state index in [4.69, 9.17) is 4.74 Å². The van der Waals surface area contributed by atoms with Crippen LogP contribution < -0.4 is 0 Å². The van der Waals surface area contributed by atoms with Crippen molar-refractivity contribution in [2.75, 3.05) is 26.2 Å². The molecule has 2 aliphatic rings. The summed E-state index contributed by atoms with van der Waals surface area (Å²) in [6.45, 7) is 8.71. The Labute approximate surface area is 161 Å². The van der Waals surface area contributed by atoms with Gasteiger partial charge in [0.1, 0.15) is 6.61 Å². The number of H-pyrrole nitrogens is 1. The number of hydrogen-bond donors (Lipinski definition) is 1. The van der Waals surface area contributed by atoms with Gasteiger partial charge < -0.3 is 19.5 Å². The highest BCUT2D eigenvalue weighted by molar-refractivity contribution is 5.84. The summed E-state index contributed by atoms with van der Waals surface area (Å²) in [5.41, 5.74) is 2.32. The van der Waals surface area contributed by atoms with E-state index in [1.165, 1.54) is 17.4 Å². The number of para-hydroxylation sites is 1. The molecule has 2 aliphatic heterocycles. The van der Waals surface area contributed by atoms with Crippen molar-refractivity contribution in [2.24, 2.45) is 5.92 Å². The number of nitrogens with one attached hydrogen (secondary N) is 1. The Kier molecular flexibility index (Phi) is 5.50. The zero-order valence-electron chi connectivity index (χ0n) is 16.5. The van der Waals surface area contributed by atoms with Gasteiger partial charge >= 0.3 is 0 Å². The molecule has 0 unspecified atom stereocenters. The van der Waals surface area contributed by atoms with Gasteiger partial charge in [-0.25, -0.2) is 0 Å². The lowest BCUT2D eigenvalue weighted by Crippen LogP contribution is -2.53. The molecule has 146 valence electrons. The van der Waals surface area contributed by atoms with Crippen molar-refractivity contribution in [3.63, 3.8) is 0 Å². The number of aromatic amines is 1. The van der Waals surface area contributed by atoms with E-state index >= 15 is 0 Å². The predicted octanol–water partition coefficient (Wildman–Crippen LogP) is 3.41. The van der Waals surface area contributed by atoms with E-state index < -0.39 is 0 Å². The Morgan fingerprint density at radius 1 is 1.22 bits per heavy atom. The SMILES string of the molecule is CC(C)CCN1CC[C@@H]2OCC(=O)N(Cc3c[nH]c4ccccc34)[C@H]2CC1. The number of carbonyl (C=O) groups is 1. The molecule has 0 saturated carbocycles. The van der Waals surface area contributed by atoms with Gasteiger partial charge in [0.25, 0.3) is 0 Å². The van der Waals surface area contributed by atoms with Gasteiger partial charge in [-0.2, -0.15) is 0 Å². The van der Waals surface area contributed by atoms with Crippen molar-refractivity contribution in [3.05, 3.63) is 36.0 Å². The van der Waals surface area contributed by atoms with Gasteiger partial charge in [-0.15, -0.1) is 0 Å². The van der Waals surface area contributed by atoms with Crippen molar-refractivity contribution >= 4 is 16.8 Å². The van der Waals surface area contributed by atoms with E-state index in [2.05, 4.69) is 46.8 Å². The zero-order valence-corrected chi connectivity index (χ0v) is 16.5. The fourth-order valence-electron chi connectivity index (χ4n) is 4.43. The third-order valence-electron chi connectivity index (χ3n) is 6.08. The molecule has 2 atom stereocenters. The normalized spacial score (nSPS) is 24.4. The molecule has 2 aromatic rings. The number of carbonyl (C=O) groups excluding carboxylic acids is 1. The minimum absolute atomic E-state index is 0.122. The molecule has 0 spiro atoms. The van der Waals surface area contributed by atoms with Crippen LogP contribution in [0.1, 0.15) is 38.7 Å². The summed E-state index contributed by atoms with van der Waals surface area (Å²) in [6.07, 6.45) is 5.46. The summed E-state index contributed by atoms with van der Waals surface area (Å²) in [4.78, 5) is 20.7. The minimum Gasteiger partial charge on any atom is -0.366 e. The molecule has 3 heterocycles. The Morgan fingerprint density at radius 2 is 2.04 bits per heavy atom. The van der Waals surface area contributed by atoms with Gasteiger partial charge in [0.15, 0.2) is 0 Å². The highest BCUT2D eigenvalue weighted by Gasteiger charge is 2.38. The molecule has 0 bridgehead atoms. The van der Waals surface area contributed by atoms with E-state index in [1.54, 1.807) is 0 Å². The fraction of sp³-hybridized carbons (Fsp3) is 0.591. The van der Waals surface area contributed by atoms with Crippen LogP contribution >= 0.6 is 0 Å². The molecule has 0 radical (unpaired) electrons. The predicted molar refractivity (Wildman–Crippen MR) is 108 cm³/mol. The summed E-state index contributed by atoms with van der Waals surface area (Å²) in [5, 5.41) is 1.21. The number of nitrogens with zero attached hydrogens (tertiary/aromatic N) is 2. The van der Waals surface area contributed by atoms with Crippen molar-refractivity contribution < 1.29 is 9.53 Å². The third kappa shape index (κ3) is 4.04. The number of ether oxygens (including phenoxy) is 1. The number of hydrogen-bond acceptors (Lipinski definition) is 3. The number of benzene rings is 1. The standard InChI is InChI=1S/C22H31N3O2/c1-16(2)7-10-24-11-8-20-21(9-12-24)27-15-22(26)25(20)14-17-13-23-19-6-4-3-5-18(17)19/h3-6,13,16,20-21,23H,7-12,14-15H2,1-2H3/t20-,21-/m0/s1. The lowest BCUT2D eigenvalue weighted by atomic mass is 10.0. The van der Waals surface area contributed by atoms with Crippen LogP contribution in [-0.2, 0) is 16.1 Å². The fourth-order valence-corrected chi connectivity index (χ4v) is 4.43. The monoisotopic (exact) mass is 369 g/mol. The van der Waals surface area contributed by atoms with Crippen LogP contribution in [0, 0.1) is 5.92 Å². The Bertz CT molecular complexity index is 785. The van der Waals surface area contributed by atoms with E-state index in [9.17, 15) is 4.79 Å².